The smallest absolute Gasteiger partial charge is 0.231 e. The molecule has 0 aromatic heterocycles. The Morgan fingerprint density at radius 3 is 2.52 bits per heavy atom. The van der Waals surface area contributed by atoms with Crippen molar-refractivity contribution in [2.75, 3.05) is 18.6 Å². The Morgan fingerprint density at radius 1 is 1.08 bits per heavy atom. The quantitative estimate of drug-likeness (QED) is 0.591. The van der Waals surface area contributed by atoms with E-state index in [4.69, 9.17) is 4.74 Å². The number of methoxy groups -OCH3 is 1. The highest BCUT2D eigenvalue weighted by molar-refractivity contribution is 9.10. The number of rotatable bonds is 5. The molecule has 3 nitrogen and oxygen atoms in total. The van der Waals surface area contributed by atoms with Crippen LogP contribution >= 0.6 is 15.9 Å². The van der Waals surface area contributed by atoms with Gasteiger partial charge in [-0.2, -0.15) is 0 Å². The number of hydrogen-bond acceptors (Lipinski definition) is 2. The van der Waals surface area contributed by atoms with Crippen molar-refractivity contribution >= 4 is 38.3 Å². The lowest BCUT2D eigenvalue weighted by atomic mass is 10.00. The lowest BCUT2D eigenvalue weighted by Gasteiger charge is -2.22. The number of likely N-dealkylation sites (N-methyl/N-ethyl adjacent to an activating group) is 1. The van der Waals surface area contributed by atoms with Gasteiger partial charge in [0.2, 0.25) is 5.91 Å². The predicted molar refractivity (Wildman–Crippen MR) is 106 cm³/mol. The van der Waals surface area contributed by atoms with Gasteiger partial charge in [-0.25, -0.2) is 0 Å². The monoisotopic (exact) mass is 397 g/mol. The van der Waals surface area contributed by atoms with Gasteiger partial charge in [-0.05, 0) is 48.0 Å². The second-order valence-corrected chi connectivity index (χ2v) is 6.68. The highest BCUT2D eigenvalue weighted by Gasteiger charge is 2.18. The molecule has 0 aliphatic heterocycles. The minimum atomic E-state index is 0.0578. The lowest BCUT2D eigenvalue weighted by Crippen LogP contribution is -2.32. The third-order valence-electron chi connectivity index (χ3n) is 4.28. The first-order chi connectivity index (χ1) is 12.1. The summed E-state index contributed by atoms with van der Waals surface area (Å²) in [7, 11) is 1.64. The van der Waals surface area contributed by atoms with E-state index in [1.807, 2.05) is 61.5 Å². The van der Waals surface area contributed by atoms with Crippen LogP contribution in [-0.4, -0.2) is 19.6 Å². The minimum absolute atomic E-state index is 0.0578. The zero-order chi connectivity index (χ0) is 17.8. The van der Waals surface area contributed by atoms with Crippen LogP contribution in [0.25, 0.3) is 10.8 Å². The number of fused-ring (bicyclic) bond motifs is 1. The Balaban J connectivity index is 2.00. The van der Waals surface area contributed by atoms with Crippen LogP contribution in [0.1, 0.15) is 12.5 Å². The molecule has 0 aliphatic rings. The summed E-state index contributed by atoms with van der Waals surface area (Å²) >= 11 is 3.50. The van der Waals surface area contributed by atoms with Gasteiger partial charge >= 0.3 is 0 Å². The number of hydrogen-bond donors (Lipinski definition) is 0. The van der Waals surface area contributed by atoms with Gasteiger partial charge in [0.25, 0.3) is 0 Å². The summed E-state index contributed by atoms with van der Waals surface area (Å²) < 4.78 is 6.54. The second kappa shape index (κ2) is 7.70. The Morgan fingerprint density at radius 2 is 1.84 bits per heavy atom. The van der Waals surface area contributed by atoms with Crippen molar-refractivity contribution in [1.82, 2.24) is 0 Å². The van der Waals surface area contributed by atoms with Gasteiger partial charge in [0, 0.05) is 22.3 Å². The van der Waals surface area contributed by atoms with Crippen LogP contribution in [0.4, 0.5) is 5.69 Å². The molecular formula is C21H20BrNO2. The zero-order valence-corrected chi connectivity index (χ0v) is 15.9. The molecule has 0 aliphatic carbocycles. The molecule has 128 valence electrons. The van der Waals surface area contributed by atoms with Gasteiger partial charge in [-0.15, -0.1) is 0 Å². The fourth-order valence-electron chi connectivity index (χ4n) is 3.08. The van der Waals surface area contributed by atoms with E-state index in [1.165, 1.54) is 0 Å². The third kappa shape index (κ3) is 3.69. The van der Waals surface area contributed by atoms with E-state index >= 15 is 0 Å². The molecule has 0 heterocycles. The molecule has 0 saturated heterocycles. The number of benzene rings is 3. The maximum Gasteiger partial charge on any atom is 0.231 e. The molecular weight excluding hydrogens is 378 g/mol. The summed E-state index contributed by atoms with van der Waals surface area (Å²) in [6.07, 6.45) is 0.297. The third-order valence-corrected chi connectivity index (χ3v) is 4.78. The second-order valence-electron chi connectivity index (χ2n) is 5.76. The molecule has 0 bridgehead atoms. The molecule has 0 fully saturated rings. The molecule has 3 aromatic rings. The molecule has 0 radical (unpaired) electrons. The minimum Gasteiger partial charge on any atom is -0.496 e. The Kier molecular flexibility index (Phi) is 5.39. The van der Waals surface area contributed by atoms with Gasteiger partial charge in [0.05, 0.1) is 13.5 Å². The van der Waals surface area contributed by atoms with Crippen molar-refractivity contribution in [2.24, 2.45) is 0 Å². The van der Waals surface area contributed by atoms with Crippen molar-refractivity contribution in [3.8, 4) is 5.75 Å². The first kappa shape index (κ1) is 17.5. The van der Waals surface area contributed by atoms with Crippen molar-refractivity contribution < 1.29 is 9.53 Å². The Labute approximate surface area is 156 Å². The highest BCUT2D eigenvalue weighted by Crippen LogP contribution is 2.31. The SMILES string of the molecule is CCN(C(=O)Cc1c(OC)ccc2cc(Br)ccc12)c1ccccc1. The Hall–Kier alpha value is -2.33. The number of amides is 1. The summed E-state index contributed by atoms with van der Waals surface area (Å²) in [5.41, 5.74) is 1.84. The van der Waals surface area contributed by atoms with Crippen molar-refractivity contribution in [3.63, 3.8) is 0 Å². The van der Waals surface area contributed by atoms with Gasteiger partial charge in [0.1, 0.15) is 5.75 Å². The summed E-state index contributed by atoms with van der Waals surface area (Å²) in [5.74, 6) is 0.801. The van der Waals surface area contributed by atoms with Crippen LogP contribution in [0.3, 0.4) is 0 Å². The fourth-order valence-corrected chi connectivity index (χ4v) is 3.45. The van der Waals surface area contributed by atoms with Crippen LogP contribution < -0.4 is 9.64 Å². The predicted octanol–water partition coefficient (Wildman–Crippen LogP) is 5.21. The average Bonchev–Trinajstić information content (AvgIpc) is 2.63. The number of carbonyl (C=O) groups excluding carboxylic acids is 1. The molecule has 1 amide bonds. The summed E-state index contributed by atoms with van der Waals surface area (Å²) in [6.45, 7) is 2.61. The van der Waals surface area contributed by atoms with Crippen molar-refractivity contribution in [3.05, 3.63) is 70.7 Å². The lowest BCUT2D eigenvalue weighted by molar-refractivity contribution is -0.117. The maximum atomic E-state index is 13.0. The van der Waals surface area contributed by atoms with Crippen LogP contribution in [0, 0.1) is 0 Å². The topological polar surface area (TPSA) is 29.5 Å². The van der Waals surface area contributed by atoms with E-state index < -0.39 is 0 Å². The maximum absolute atomic E-state index is 13.0. The molecule has 0 spiro atoms. The van der Waals surface area contributed by atoms with Crippen molar-refractivity contribution in [1.29, 1.82) is 0 Å². The van der Waals surface area contributed by atoms with Gasteiger partial charge in [-0.1, -0.05) is 46.3 Å². The van der Waals surface area contributed by atoms with E-state index in [0.29, 0.717) is 13.0 Å². The van der Waals surface area contributed by atoms with E-state index in [2.05, 4.69) is 22.0 Å². The van der Waals surface area contributed by atoms with Crippen molar-refractivity contribution in [2.45, 2.75) is 13.3 Å². The molecule has 0 atom stereocenters. The standard InChI is InChI=1S/C21H20BrNO2/c1-3-23(17-7-5-4-6-8-17)21(24)14-19-18-11-10-16(22)13-15(18)9-12-20(19)25-2/h4-13H,3,14H2,1-2H3. The van der Waals surface area contributed by atoms with Crippen LogP contribution in [-0.2, 0) is 11.2 Å². The number of halogens is 1. The zero-order valence-electron chi connectivity index (χ0n) is 14.3. The van der Waals surface area contributed by atoms with E-state index in [1.54, 1.807) is 12.0 Å². The average molecular weight is 398 g/mol. The molecule has 0 saturated carbocycles. The molecule has 4 heteroatoms. The number of anilines is 1. The molecule has 3 aromatic carbocycles. The number of ether oxygens (including phenoxy) is 1. The summed E-state index contributed by atoms with van der Waals surface area (Å²) in [6, 6.07) is 19.8. The van der Waals surface area contributed by atoms with E-state index in [9.17, 15) is 4.79 Å². The fraction of sp³-hybridized carbons (Fsp3) is 0.190. The summed E-state index contributed by atoms with van der Waals surface area (Å²) in [4.78, 5) is 14.8. The van der Waals surface area contributed by atoms with Crippen LogP contribution in [0.5, 0.6) is 5.75 Å². The first-order valence-corrected chi connectivity index (χ1v) is 9.04. The van der Waals surface area contributed by atoms with Crippen LogP contribution in [0.2, 0.25) is 0 Å². The van der Waals surface area contributed by atoms with Crippen LogP contribution in [0.15, 0.2) is 65.1 Å². The largest absolute Gasteiger partial charge is 0.496 e. The first-order valence-electron chi connectivity index (χ1n) is 8.24. The summed E-state index contributed by atoms with van der Waals surface area (Å²) in [5, 5.41) is 2.13. The highest BCUT2D eigenvalue weighted by atomic mass is 79.9. The normalized spacial score (nSPS) is 10.7. The van der Waals surface area contributed by atoms with E-state index in [-0.39, 0.29) is 5.91 Å². The molecule has 0 N–H and O–H groups in total. The van der Waals surface area contributed by atoms with E-state index in [0.717, 1.165) is 32.2 Å². The van der Waals surface area contributed by atoms with Gasteiger partial charge in [-0.3, -0.25) is 4.79 Å². The molecule has 3 rings (SSSR count). The molecule has 25 heavy (non-hydrogen) atoms. The van der Waals surface area contributed by atoms with Gasteiger partial charge < -0.3 is 9.64 Å². The molecule has 0 unspecified atom stereocenters. The Bertz CT molecular complexity index is 893. The van der Waals surface area contributed by atoms with Gasteiger partial charge in [0.15, 0.2) is 0 Å². The number of nitrogens with zero attached hydrogens (tertiary/aromatic N) is 1. The number of carbonyl (C=O) groups is 1. The number of para-hydroxylation sites is 1.